The van der Waals surface area contributed by atoms with E-state index in [9.17, 15) is 0 Å². The molecule has 3 rings (SSSR count). The number of benzene rings is 2. The standard InChI is InChI=1S/C24H32N2O2/c27-20-19-26-17-15-25(16-18-26)14-6-7-21-28-24-11-5-4-10-23(24)13-12-22-8-2-1-3-9-22/h1-5,8-13,27H,6-7,14-21H2/b13-12+. The van der Waals surface area contributed by atoms with Crippen molar-refractivity contribution in [1.82, 2.24) is 9.80 Å². The average molecular weight is 381 g/mol. The Morgan fingerprint density at radius 2 is 1.46 bits per heavy atom. The smallest absolute Gasteiger partial charge is 0.126 e. The van der Waals surface area contributed by atoms with Crippen molar-refractivity contribution in [1.29, 1.82) is 0 Å². The minimum absolute atomic E-state index is 0.263. The van der Waals surface area contributed by atoms with Crippen molar-refractivity contribution in [3.63, 3.8) is 0 Å². The van der Waals surface area contributed by atoms with Crippen LogP contribution in [0.15, 0.2) is 54.6 Å². The minimum atomic E-state index is 0.263. The molecule has 150 valence electrons. The predicted molar refractivity (Wildman–Crippen MR) is 117 cm³/mol. The van der Waals surface area contributed by atoms with Crippen LogP contribution < -0.4 is 4.74 Å². The van der Waals surface area contributed by atoms with E-state index in [1.54, 1.807) is 0 Å². The van der Waals surface area contributed by atoms with Gasteiger partial charge >= 0.3 is 0 Å². The van der Waals surface area contributed by atoms with E-state index >= 15 is 0 Å². The summed E-state index contributed by atoms with van der Waals surface area (Å²) in [6.07, 6.45) is 6.46. The van der Waals surface area contributed by atoms with Gasteiger partial charge in [-0.1, -0.05) is 60.7 Å². The zero-order valence-corrected chi connectivity index (χ0v) is 16.7. The third kappa shape index (κ3) is 6.79. The fraction of sp³-hybridized carbons (Fsp3) is 0.417. The molecule has 0 atom stereocenters. The molecular formula is C24H32N2O2. The molecule has 0 saturated carbocycles. The summed E-state index contributed by atoms with van der Waals surface area (Å²) in [5, 5.41) is 9.02. The molecule has 0 radical (unpaired) electrons. The normalized spacial score (nSPS) is 15.9. The van der Waals surface area contributed by atoms with Crippen molar-refractivity contribution in [2.75, 3.05) is 52.5 Å². The maximum absolute atomic E-state index is 9.02. The van der Waals surface area contributed by atoms with Crippen LogP contribution in [0.1, 0.15) is 24.0 Å². The zero-order valence-electron chi connectivity index (χ0n) is 16.7. The number of hydrogen-bond donors (Lipinski definition) is 1. The molecule has 1 fully saturated rings. The summed E-state index contributed by atoms with van der Waals surface area (Å²) >= 11 is 0. The second kappa shape index (κ2) is 11.6. The molecule has 0 unspecified atom stereocenters. The lowest BCUT2D eigenvalue weighted by atomic mass is 10.1. The number of unbranched alkanes of at least 4 members (excludes halogenated alkanes) is 1. The van der Waals surface area contributed by atoms with Crippen molar-refractivity contribution >= 4 is 12.2 Å². The summed E-state index contributed by atoms with van der Waals surface area (Å²) in [6, 6.07) is 18.6. The van der Waals surface area contributed by atoms with Gasteiger partial charge < -0.3 is 14.7 Å². The molecule has 0 aromatic heterocycles. The van der Waals surface area contributed by atoms with Crippen LogP contribution in [0.4, 0.5) is 0 Å². The third-order valence-corrected chi connectivity index (χ3v) is 5.18. The monoisotopic (exact) mass is 380 g/mol. The highest BCUT2D eigenvalue weighted by atomic mass is 16.5. The molecule has 0 bridgehead atoms. The zero-order chi connectivity index (χ0) is 19.4. The summed E-state index contributed by atoms with van der Waals surface area (Å²) in [5.74, 6) is 0.951. The lowest BCUT2D eigenvalue weighted by Gasteiger charge is -2.34. The molecule has 4 nitrogen and oxygen atoms in total. The molecule has 2 aromatic rings. The summed E-state index contributed by atoms with van der Waals surface area (Å²) in [5.41, 5.74) is 2.31. The Bertz CT molecular complexity index is 710. The molecule has 0 amide bonds. The van der Waals surface area contributed by atoms with E-state index in [4.69, 9.17) is 9.84 Å². The minimum Gasteiger partial charge on any atom is -0.493 e. The summed E-state index contributed by atoms with van der Waals surface area (Å²) < 4.78 is 6.06. The maximum Gasteiger partial charge on any atom is 0.126 e. The van der Waals surface area contributed by atoms with Crippen molar-refractivity contribution in [2.45, 2.75) is 12.8 Å². The lowest BCUT2D eigenvalue weighted by Crippen LogP contribution is -2.47. The first kappa shape index (κ1) is 20.6. The topological polar surface area (TPSA) is 35.9 Å². The molecule has 1 aliphatic rings. The number of aliphatic hydroxyl groups excluding tert-OH is 1. The third-order valence-electron chi connectivity index (χ3n) is 5.18. The van der Waals surface area contributed by atoms with E-state index in [-0.39, 0.29) is 6.61 Å². The molecule has 28 heavy (non-hydrogen) atoms. The molecule has 1 heterocycles. The molecule has 4 heteroatoms. The van der Waals surface area contributed by atoms with E-state index in [2.05, 4.69) is 52.3 Å². The van der Waals surface area contributed by atoms with E-state index in [0.29, 0.717) is 0 Å². The summed E-state index contributed by atoms with van der Waals surface area (Å²) in [7, 11) is 0. The van der Waals surface area contributed by atoms with Crippen LogP contribution in [0.2, 0.25) is 0 Å². The van der Waals surface area contributed by atoms with Crippen LogP contribution in [0, 0.1) is 0 Å². The fourth-order valence-electron chi connectivity index (χ4n) is 3.50. The number of aliphatic hydroxyl groups is 1. The number of ether oxygens (including phenoxy) is 1. The largest absolute Gasteiger partial charge is 0.493 e. The van der Waals surface area contributed by atoms with Crippen molar-refractivity contribution in [3.05, 3.63) is 65.7 Å². The fourth-order valence-corrected chi connectivity index (χ4v) is 3.50. The number of para-hydroxylation sites is 1. The van der Waals surface area contributed by atoms with E-state index in [1.807, 2.05) is 24.3 Å². The number of β-amino-alcohol motifs (C(OH)–C–C–N with tert-alkyl or cyclic N) is 1. The van der Waals surface area contributed by atoms with Gasteiger partial charge in [-0.25, -0.2) is 0 Å². The van der Waals surface area contributed by atoms with Gasteiger partial charge in [-0.2, -0.15) is 0 Å². The molecule has 1 aliphatic heterocycles. The highest BCUT2D eigenvalue weighted by Gasteiger charge is 2.15. The van der Waals surface area contributed by atoms with Gasteiger partial charge in [-0.15, -0.1) is 0 Å². The van der Waals surface area contributed by atoms with Crippen molar-refractivity contribution < 1.29 is 9.84 Å². The van der Waals surface area contributed by atoms with Crippen LogP contribution in [0.5, 0.6) is 5.75 Å². The molecule has 1 saturated heterocycles. The van der Waals surface area contributed by atoms with Crippen molar-refractivity contribution in [3.8, 4) is 5.75 Å². The number of rotatable bonds is 10. The molecule has 2 aromatic carbocycles. The Balaban J connectivity index is 1.38. The Hall–Kier alpha value is -2.14. The quantitative estimate of drug-likeness (QED) is 0.504. The highest BCUT2D eigenvalue weighted by Crippen LogP contribution is 2.21. The first-order chi connectivity index (χ1) is 13.8. The first-order valence-corrected chi connectivity index (χ1v) is 10.4. The van der Waals surface area contributed by atoms with Gasteiger partial charge in [0.25, 0.3) is 0 Å². The van der Waals surface area contributed by atoms with Crippen molar-refractivity contribution in [2.24, 2.45) is 0 Å². The summed E-state index contributed by atoms with van der Waals surface area (Å²) in [4.78, 5) is 4.85. The Kier molecular flexibility index (Phi) is 8.56. The SMILES string of the molecule is OCCN1CCN(CCCCOc2ccccc2/C=C/c2ccccc2)CC1. The van der Waals surface area contributed by atoms with E-state index < -0.39 is 0 Å². The molecule has 1 N–H and O–H groups in total. The van der Waals surface area contributed by atoms with Crippen LogP contribution in [0.25, 0.3) is 12.2 Å². The highest BCUT2D eigenvalue weighted by molar-refractivity contribution is 5.72. The number of nitrogens with zero attached hydrogens (tertiary/aromatic N) is 2. The molecule has 0 aliphatic carbocycles. The average Bonchev–Trinajstić information content (AvgIpc) is 2.75. The second-order valence-electron chi connectivity index (χ2n) is 7.24. The van der Waals surface area contributed by atoms with Gasteiger partial charge in [-0.3, -0.25) is 4.90 Å². The summed E-state index contributed by atoms with van der Waals surface area (Å²) in [6.45, 7) is 7.30. The van der Waals surface area contributed by atoms with Crippen LogP contribution in [-0.4, -0.2) is 67.4 Å². The molecular weight excluding hydrogens is 348 g/mol. The van der Waals surface area contributed by atoms with E-state index in [1.165, 1.54) is 5.56 Å². The van der Waals surface area contributed by atoms with Gasteiger partial charge in [0.05, 0.1) is 13.2 Å². The van der Waals surface area contributed by atoms with Gasteiger partial charge in [0, 0.05) is 38.3 Å². The lowest BCUT2D eigenvalue weighted by molar-refractivity contribution is 0.110. The van der Waals surface area contributed by atoms with Gasteiger partial charge in [0.15, 0.2) is 0 Å². The molecule has 0 spiro atoms. The Morgan fingerprint density at radius 1 is 0.786 bits per heavy atom. The first-order valence-electron chi connectivity index (χ1n) is 10.4. The van der Waals surface area contributed by atoms with E-state index in [0.717, 1.165) is 70.0 Å². The van der Waals surface area contributed by atoms with Crippen LogP contribution in [-0.2, 0) is 0 Å². The Labute approximate surface area is 169 Å². The number of piperazine rings is 1. The van der Waals surface area contributed by atoms with Gasteiger partial charge in [0.2, 0.25) is 0 Å². The van der Waals surface area contributed by atoms with Gasteiger partial charge in [0.1, 0.15) is 5.75 Å². The predicted octanol–water partition coefficient (Wildman–Crippen LogP) is 3.63. The Morgan fingerprint density at radius 3 is 2.21 bits per heavy atom. The second-order valence-corrected chi connectivity index (χ2v) is 7.24. The van der Waals surface area contributed by atoms with Crippen LogP contribution in [0.3, 0.4) is 0 Å². The number of hydrogen-bond acceptors (Lipinski definition) is 4. The van der Waals surface area contributed by atoms with Crippen LogP contribution >= 0.6 is 0 Å². The maximum atomic E-state index is 9.02. The van der Waals surface area contributed by atoms with Gasteiger partial charge in [-0.05, 0) is 31.0 Å².